The highest BCUT2D eigenvalue weighted by molar-refractivity contribution is 7.93. The minimum absolute atomic E-state index is 0.00338. The SMILES string of the molecule is CC[C@H]1OC(=O)C(Cc2cn[nH]c2)C(=O)[C@H](C)[C@@H](O[C@@H]2OC(C)CC(N(C)C)C2O)[C@](C)(OC/C=C/c2cnc3ccccc3c2)C[C@@H](C)CN[C@H](C)[C@H]2NC(=O)O[C@@]21C.CSF. The number of H-pyrrole nitrogens is 1. The third-order valence-electron chi connectivity index (χ3n) is 12.6. The van der Waals surface area contributed by atoms with E-state index in [-0.39, 0.29) is 49.3 Å². The summed E-state index contributed by atoms with van der Waals surface area (Å²) in [5.74, 6) is -3.53. The van der Waals surface area contributed by atoms with Crippen LogP contribution >= 0.6 is 12.1 Å². The number of aliphatic hydroxyl groups excluding tert-OH is 1. The molecule has 4 unspecified atom stereocenters. The number of hydrogen-bond acceptors (Lipinski definition) is 14. The number of nitrogens with zero attached hydrogens (tertiary/aromatic N) is 3. The van der Waals surface area contributed by atoms with Crippen LogP contribution in [0.3, 0.4) is 0 Å². The Balaban J connectivity index is 0.00000242. The molecule has 17 heteroatoms. The van der Waals surface area contributed by atoms with Crippen molar-refractivity contribution in [2.24, 2.45) is 17.8 Å². The van der Waals surface area contributed by atoms with Gasteiger partial charge >= 0.3 is 12.1 Å². The van der Waals surface area contributed by atoms with Crippen molar-refractivity contribution >= 4 is 47.0 Å². The number of carbonyl (C=O) groups is 3. The number of amides is 1. The third kappa shape index (κ3) is 12.2. The van der Waals surface area contributed by atoms with Crippen molar-refractivity contribution in [2.75, 3.05) is 33.5 Å². The molecule has 1 amide bonds. The summed E-state index contributed by atoms with van der Waals surface area (Å²) in [6.07, 6.45) is 6.63. The molecule has 348 valence electrons. The number of para-hydroxylation sites is 1. The van der Waals surface area contributed by atoms with Gasteiger partial charge in [0, 0.05) is 54.2 Å². The van der Waals surface area contributed by atoms with Gasteiger partial charge in [-0.3, -0.25) is 19.7 Å². The predicted octanol–water partition coefficient (Wildman–Crippen LogP) is 6.06. The summed E-state index contributed by atoms with van der Waals surface area (Å²) < 4.78 is 42.5. The third-order valence-corrected chi connectivity index (χ3v) is 12.6. The van der Waals surface area contributed by atoms with Gasteiger partial charge in [-0.05, 0) is 103 Å². The number of fused-ring (bicyclic) bond motifs is 2. The number of aromatic nitrogens is 3. The first-order valence-corrected chi connectivity index (χ1v) is 23.0. The van der Waals surface area contributed by atoms with E-state index in [1.807, 2.05) is 89.3 Å². The molecule has 13 atom stereocenters. The van der Waals surface area contributed by atoms with Gasteiger partial charge in [-0.25, -0.2) is 4.79 Å². The quantitative estimate of drug-likeness (QED) is 0.136. The molecule has 15 nitrogen and oxygen atoms in total. The van der Waals surface area contributed by atoms with E-state index in [0.29, 0.717) is 31.4 Å². The van der Waals surface area contributed by atoms with Gasteiger partial charge in [0.25, 0.3) is 0 Å². The van der Waals surface area contributed by atoms with Crippen LogP contribution in [-0.4, -0.2) is 137 Å². The number of benzene rings is 1. The topological polar surface area (TPSA) is 186 Å². The molecule has 0 radical (unpaired) electrons. The van der Waals surface area contributed by atoms with Crippen LogP contribution in [0.2, 0.25) is 0 Å². The van der Waals surface area contributed by atoms with Gasteiger partial charge in [0.05, 0.1) is 42.2 Å². The van der Waals surface area contributed by atoms with E-state index in [2.05, 4.69) is 38.8 Å². The largest absolute Gasteiger partial charge is 0.457 e. The van der Waals surface area contributed by atoms with Crippen molar-refractivity contribution in [2.45, 2.75) is 134 Å². The number of aliphatic hydroxyl groups is 1. The normalized spacial score (nSPS) is 34.6. The number of rotatable bonds is 10. The van der Waals surface area contributed by atoms with Crippen LogP contribution in [-0.2, 0) is 39.7 Å². The number of likely N-dealkylation sites (N-methyl/N-ethyl adjacent to an activating group) is 1. The Kier molecular flexibility index (Phi) is 17.7. The Bertz CT molecular complexity index is 1990. The smallest absolute Gasteiger partial charge is 0.408 e. The molecule has 2 aromatic heterocycles. The van der Waals surface area contributed by atoms with E-state index >= 15 is 4.79 Å². The average Bonchev–Trinajstić information content (AvgIpc) is 3.88. The number of esters is 1. The molecular formula is C46H67FN6O9S. The van der Waals surface area contributed by atoms with Crippen molar-refractivity contribution in [1.29, 1.82) is 0 Å². The number of alkyl carbamates (subject to hydrolysis) is 1. The molecule has 1 aromatic carbocycles. The lowest BCUT2D eigenvalue weighted by atomic mass is 9.77. The molecule has 5 heterocycles. The Morgan fingerprint density at radius 3 is 2.52 bits per heavy atom. The maximum absolute atomic E-state index is 15.2. The van der Waals surface area contributed by atoms with E-state index in [1.54, 1.807) is 26.2 Å². The first-order valence-electron chi connectivity index (χ1n) is 21.8. The molecule has 3 aliphatic heterocycles. The average molecular weight is 899 g/mol. The second-order valence-corrected chi connectivity index (χ2v) is 18.2. The Labute approximate surface area is 375 Å². The maximum atomic E-state index is 15.2. The van der Waals surface area contributed by atoms with Gasteiger partial charge in [-0.15, -0.1) is 0 Å². The highest BCUT2D eigenvalue weighted by Gasteiger charge is 2.56. The standard InChI is InChI=1S/C45H64N6O9.CH3FS/c1-10-36-45(7)39(50-43(55)60-45)29(5)46-22-26(2)21-44(6,56-17-13-14-30-19-32-15-11-12-16-34(32)47-23-30)40(59-42-38(53)35(51(8)9)18-27(3)57-42)28(4)37(52)33(41(54)58-36)20-31-24-48-49-25-31;1-3-2/h11-16,19,23-29,33,35-36,38-40,42,46,53H,10,17-18,20-22H2,1-9H3,(H,48,49)(H,50,55);1H3/b14-13+;/t26-,27?,28+,29-,33?,35?,36-,38?,39-,40-,42+,44-,45-;/m1./s1. The zero-order chi connectivity index (χ0) is 46.1. The second-order valence-electron chi connectivity index (χ2n) is 17.9. The minimum atomic E-state index is -1.29. The van der Waals surface area contributed by atoms with Crippen molar-refractivity contribution < 1.29 is 47.1 Å². The van der Waals surface area contributed by atoms with Gasteiger partial charge in [0.2, 0.25) is 0 Å². The lowest BCUT2D eigenvalue weighted by Gasteiger charge is -2.47. The molecule has 63 heavy (non-hydrogen) atoms. The number of pyridine rings is 1. The number of aromatic amines is 1. The molecule has 0 bridgehead atoms. The van der Waals surface area contributed by atoms with Crippen molar-refractivity contribution in [1.82, 2.24) is 30.7 Å². The number of carbonyl (C=O) groups excluding carboxylic acids is 3. The Morgan fingerprint density at radius 2 is 1.84 bits per heavy atom. The van der Waals surface area contributed by atoms with E-state index in [0.717, 1.165) is 16.5 Å². The monoisotopic (exact) mass is 898 g/mol. The fraction of sp³-hybridized carbons (Fsp3) is 0.630. The molecular weight excluding hydrogens is 832 g/mol. The lowest BCUT2D eigenvalue weighted by molar-refractivity contribution is -0.296. The zero-order valence-corrected chi connectivity index (χ0v) is 39.0. The van der Waals surface area contributed by atoms with Gasteiger partial charge in [0.15, 0.2) is 17.7 Å². The molecule has 0 saturated carbocycles. The van der Waals surface area contributed by atoms with Crippen LogP contribution in [0, 0.1) is 17.8 Å². The fourth-order valence-electron chi connectivity index (χ4n) is 9.39. The number of Topliss-reactive ketones (excluding diaryl/α,β-unsaturated/α-hetero) is 1. The number of nitrogens with one attached hydrogen (secondary N) is 3. The van der Waals surface area contributed by atoms with Crippen LogP contribution in [0.4, 0.5) is 8.68 Å². The van der Waals surface area contributed by atoms with E-state index in [4.69, 9.17) is 23.7 Å². The van der Waals surface area contributed by atoms with Crippen LogP contribution in [0.25, 0.3) is 17.0 Å². The number of ketones is 1. The van der Waals surface area contributed by atoms with Gasteiger partial charge in [-0.2, -0.15) is 8.98 Å². The number of hydrogen-bond donors (Lipinski definition) is 4. The van der Waals surface area contributed by atoms with Crippen molar-refractivity contribution in [3.8, 4) is 0 Å². The summed E-state index contributed by atoms with van der Waals surface area (Å²) in [6.45, 7) is 13.9. The zero-order valence-electron chi connectivity index (χ0n) is 38.2. The summed E-state index contributed by atoms with van der Waals surface area (Å²) in [6, 6.07) is 8.82. The van der Waals surface area contributed by atoms with Crippen LogP contribution < -0.4 is 10.6 Å². The first kappa shape index (κ1) is 50.0. The number of cyclic esters (lactones) is 1. The summed E-state index contributed by atoms with van der Waals surface area (Å²) in [5, 5.41) is 26.2. The van der Waals surface area contributed by atoms with Crippen LogP contribution in [0.1, 0.15) is 78.9 Å². The highest BCUT2D eigenvalue weighted by atomic mass is 32.2. The first-order chi connectivity index (χ1) is 29.9. The molecule has 6 rings (SSSR count). The summed E-state index contributed by atoms with van der Waals surface area (Å²) >= 11 is 0.250. The summed E-state index contributed by atoms with van der Waals surface area (Å²) in [5.41, 5.74) is 0.00607. The van der Waals surface area contributed by atoms with E-state index < -0.39 is 71.5 Å². The van der Waals surface area contributed by atoms with Crippen molar-refractivity contribution in [3.05, 3.63) is 66.1 Å². The second kappa shape index (κ2) is 22.3. The molecule has 3 fully saturated rings. The summed E-state index contributed by atoms with van der Waals surface area (Å²) in [4.78, 5) is 49.1. The molecule has 0 spiro atoms. The molecule has 4 N–H and O–H groups in total. The maximum Gasteiger partial charge on any atom is 0.408 e. The van der Waals surface area contributed by atoms with E-state index in [1.165, 1.54) is 6.26 Å². The molecule has 3 aromatic rings. The molecule has 0 aliphatic carbocycles. The van der Waals surface area contributed by atoms with E-state index in [9.17, 15) is 18.6 Å². The van der Waals surface area contributed by atoms with Gasteiger partial charge in [-0.1, -0.05) is 51.1 Å². The minimum Gasteiger partial charge on any atom is -0.457 e. The highest BCUT2D eigenvalue weighted by Crippen LogP contribution is 2.38. The van der Waals surface area contributed by atoms with Crippen LogP contribution in [0.5, 0.6) is 0 Å². The van der Waals surface area contributed by atoms with Gasteiger partial charge < -0.3 is 44.3 Å². The molecule has 3 aliphatic rings. The Morgan fingerprint density at radius 1 is 1.11 bits per heavy atom. The van der Waals surface area contributed by atoms with Crippen LogP contribution in [0.15, 0.2) is 55.0 Å². The van der Waals surface area contributed by atoms with Gasteiger partial charge in [0.1, 0.15) is 18.1 Å². The molecule has 3 saturated heterocycles. The lowest BCUT2D eigenvalue weighted by Crippen LogP contribution is -2.60. The predicted molar refractivity (Wildman–Crippen MR) is 240 cm³/mol. The number of halogens is 1. The Hall–Kier alpha value is -3.97. The number of ether oxygens (including phenoxy) is 5. The van der Waals surface area contributed by atoms with Crippen molar-refractivity contribution in [3.63, 3.8) is 0 Å². The summed E-state index contributed by atoms with van der Waals surface area (Å²) in [7, 11) is 3.81. The fourth-order valence-corrected chi connectivity index (χ4v) is 9.39.